The second kappa shape index (κ2) is 9.83. The van der Waals surface area contributed by atoms with Gasteiger partial charge in [-0.25, -0.2) is 0 Å². The second-order valence-electron chi connectivity index (χ2n) is 10.0. The summed E-state index contributed by atoms with van der Waals surface area (Å²) in [5.41, 5.74) is 0.0913. The first-order valence-electron chi connectivity index (χ1n) is 12.6. The number of carbonyl (C=O) groups is 2. The van der Waals surface area contributed by atoms with Crippen LogP contribution in [0.1, 0.15) is 54.9 Å². The summed E-state index contributed by atoms with van der Waals surface area (Å²) in [5, 5.41) is 5.16. The molecule has 1 aromatic carbocycles. The van der Waals surface area contributed by atoms with Gasteiger partial charge in [0.15, 0.2) is 5.69 Å². The van der Waals surface area contributed by atoms with E-state index in [4.69, 9.17) is 9.15 Å². The van der Waals surface area contributed by atoms with Gasteiger partial charge in [-0.3, -0.25) is 14.3 Å². The van der Waals surface area contributed by atoms with Crippen molar-refractivity contribution in [1.82, 2.24) is 14.8 Å². The molecule has 0 amide bonds. The van der Waals surface area contributed by atoms with Gasteiger partial charge in [-0.05, 0) is 55.7 Å². The van der Waals surface area contributed by atoms with E-state index in [0.717, 1.165) is 30.2 Å². The highest BCUT2D eigenvalue weighted by atomic mass is 19.4. The van der Waals surface area contributed by atoms with Crippen LogP contribution in [0.5, 0.6) is 0 Å². The van der Waals surface area contributed by atoms with Crippen LogP contribution in [0, 0.1) is 17.8 Å². The highest BCUT2D eigenvalue weighted by Gasteiger charge is 2.44. The maximum atomic E-state index is 13.7. The Balaban J connectivity index is 1.31. The molecule has 0 spiro atoms. The summed E-state index contributed by atoms with van der Waals surface area (Å²) in [7, 11) is 0. The summed E-state index contributed by atoms with van der Waals surface area (Å²) >= 11 is 0. The summed E-state index contributed by atoms with van der Waals surface area (Å²) in [6.45, 7) is 5.79. The number of hydrogen-bond acceptors (Lipinski definition) is 7. The molecule has 1 aliphatic heterocycles. The predicted molar refractivity (Wildman–Crippen MR) is 128 cm³/mol. The molecular formula is C26H29F3N4O4. The number of oxazole rings is 1. The molecular weight excluding hydrogens is 489 g/mol. The molecule has 5 rings (SSSR count). The fourth-order valence-electron chi connectivity index (χ4n) is 5.06. The second-order valence-corrected chi connectivity index (χ2v) is 10.0. The van der Waals surface area contributed by atoms with E-state index in [-0.39, 0.29) is 30.2 Å². The summed E-state index contributed by atoms with van der Waals surface area (Å²) in [5.74, 6) is -1.37. The Morgan fingerprint density at radius 3 is 2.81 bits per heavy atom. The highest BCUT2D eigenvalue weighted by molar-refractivity contribution is 5.97. The van der Waals surface area contributed by atoms with E-state index >= 15 is 0 Å². The fraction of sp³-hybridized carbons (Fsp3) is 0.538. The summed E-state index contributed by atoms with van der Waals surface area (Å²) < 4.78 is 53.5. The Labute approximate surface area is 211 Å². The van der Waals surface area contributed by atoms with Gasteiger partial charge >= 0.3 is 12.1 Å². The lowest BCUT2D eigenvalue weighted by Crippen LogP contribution is -2.34. The van der Waals surface area contributed by atoms with E-state index < -0.39 is 23.4 Å². The van der Waals surface area contributed by atoms with Gasteiger partial charge < -0.3 is 14.1 Å². The molecule has 1 aliphatic carbocycles. The van der Waals surface area contributed by atoms with Crippen LogP contribution in [0.15, 0.2) is 28.8 Å². The first-order valence-corrected chi connectivity index (χ1v) is 12.6. The van der Waals surface area contributed by atoms with Crippen LogP contribution in [0.2, 0.25) is 0 Å². The molecule has 2 aliphatic rings. The lowest BCUT2D eigenvalue weighted by atomic mass is 10.0. The summed E-state index contributed by atoms with van der Waals surface area (Å²) in [6.07, 6.45) is -0.848. The van der Waals surface area contributed by atoms with Gasteiger partial charge in [0.1, 0.15) is 0 Å². The molecule has 11 heteroatoms. The number of fused-ring (bicyclic) bond motifs is 1. The Kier molecular flexibility index (Phi) is 6.72. The van der Waals surface area contributed by atoms with Gasteiger partial charge in [0.2, 0.25) is 11.5 Å². The Bertz CT molecular complexity index is 1310. The standard InChI is InChI=1S/C26H29F3N4O4/c1-3-36-24(35)19-11-18(19)14-33-20-7-6-16(9-17(20)12-30-33)10-21(34)22-23(26(27,28)29)31-25(37-22)32-8-4-5-15(2)13-32/h6-7,9,12,15,18-19H,3-5,8,10-11,13-14H2,1-2H3. The molecule has 0 radical (unpaired) electrons. The van der Waals surface area contributed by atoms with Gasteiger partial charge in [0.05, 0.1) is 24.2 Å². The number of aromatic nitrogens is 3. The largest absolute Gasteiger partial charge is 0.466 e. The smallest absolute Gasteiger partial charge is 0.437 e. The molecule has 0 N–H and O–H groups in total. The van der Waals surface area contributed by atoms with Crippen molar-refractivity contribution in [2.45, 2.75) is 52.3 Å². The topological polar surface area (TPSA) is 90.5 Å². The molecule has 8 nitrogen and oxygen atoms in total. The fourth-order valence-corrected chi connectivity index (χ4v) is 5.06. The van der Waals surface area contributed by atoms with Crippen LogP contribution in [-0.2, 0) is 28.7 Å². The molecule has 3 aromatic rings. The van der Waals surface area contributed by atoms with Crippen LogP contribution >= 0.6 is 0 Å². The number of esters is 1. The number of piperidine rings is 1. The number of halogens is 3. The number of anilines is 1. The van der Waals surface area contributed by atoms with Gasteiger partial charge in [-0.1, -0.05) is 13.0 Å². The van der Waals surface area contributed by atoms with E-state index in [2.05, 4.69) is 10.1 Å². The van der Waals surface area contributed by atoms with Gasteiger partial charge in [0, 0.05) is 31.4 Å². The molecule has 3 atom stereocenters. The normalized spacial score (nSPS) is 21.9. The third kappa shape index (κ3) is 5.35. The van der Waals surface area contributed by atoms with Crippen molar-refractivity contribution >= 4 is 28.7 Å². The molecule has 1 saturated heterocycles. The van der Waals surface area contributed by atoms with E-state index in [9.17, 15) is 22.8 Å². The van der Waals surface area contributed by atoms with E-state index in [0.29, 0.717) is 37.7 Å². The Hall–Kier alpha value is -3.37. The zero-order chi connectivity index (χ0) is 26.3. The average Bonchev–Trinajstić information content (AvgIpc) is 3.27. The van der Waals surface area contributed by atoms with Gasteiger partial charge in [0.25, 0.3) is 6.01 Å². The van der Waals surface area contributed by atoms with Crippen LogP contribution < -0.4 is 4.90 Å². The van der Waals surface area contributed by atoms with Crippen molar-refractivity contribution in [1.29, 1.82) is 0 Å². The number of ketones is 1. The quantitative estimate of drug-likeness (QED) is 0.309. The first kappa shape index (κ1) is 25.3. The number of rotatable bonds is 8. The number of alkyl halides is 3. The molecule has 3 heterocycles. The van der Waals surface area contributed by atoms with E-state index in [1.807, 2.05) is 6.92 Å². The third-order valence-electron chi connectivity index (χ3n) is 7.06. The zero-order valence-electron chi connectivity index (χ0n) is 20.8. The highest BCUT2D eigenvalue weighted by Crippen LogP contribution is 2.41. The third-order valence-corrected chi connectivity index (χ3v) is 7.06. The van der Waals surface area contributed by atoms with Crippen molar-refractivity contribution in [3.63, 3.8) is 0 Å². The number of nitrogens with zero attached hydrogens (tertiary/aromatic N) is 4. The monoisotopic (exact) mass is 518 g/mol. The SMILES string of the molecule is CCOC(=O)C1CC1Cn1ncc2cc(CC(=O)c3oc(N4CCCC(C)C4)nc3C(F)(F)F)ccc21. The maximum absolute atomic E-state index is 13.7. The number of carbonyl (C=O) groups excluding carboxylic acids is 2. The van der Waals surface area contributed by atoms with Gasteiger partial charge in [-0.2, -0.15) is 23.3 Å². The lowest BCUT2D eigenvalue weighted by Gasteiger charge is -2.29. The number of hydrogen-bond donors (Lipinski definition) is 0. The Morgan fingerprint density at radius 2 is 2.08 bits per heavy atom. The number of Topliss-reactive ketones (excluding diaryl/α,β-unsaturated/α-hetero) is 1. The Morgan fingerprint density at radius 1 is 1.27 bits per heavy atom. The number of benzene rings is 1. The molecule has 37 heavy (non-hydrogen) atoms. The molecule has 0 bridgehead atoms. The first-order chi connectivity index (χ1) is 17.6. The van der Waals surface area contributed by atoms with Crippen LogP contribution in [0.4, 0.5) is 19.2 Å². The van der Waals surface area contributed by atoms with Crippen molar-refractivity contribution in [2.24, 2.45) is 17.8 Å². The minimum Gasteiger partial charge on any atom is -0.466 e. The maximum Gasteiger partial charge on any atom is 0.437 e. The van der Waals surface area contributed by atoms with Crippen LogP contribution in [-0.4, -0.2) is 46.2 Å². The predicted octanol–water partition coefficient (Wildman–Crippen LogP) is 4.90. The van der Waals surface area contributed by atoms with Crippen LogP contribution in [0.25, 0.3) is 10.9 Å². The molecule has 2 aromatic heterocycles. The van der Waals surface area contributed by atoms with Gasteiger partial charge in [-0.15, -0.1) is 0 Å². The van der Waals surface area contributed by atoms with Crippen molar-refractivity contribution in [3.05, 3.63) is 41.4 Å². The van der Waals surface area contributed by atoms with Crippen molar-refractivity contribution in [3.8, 4) is 0 Å². The zero-order valence-corrected chi connectivity index (χ0v) is 20.8. The average molecular weight is 519 g/mol. The minimum atomic E-state index is -4.80. The summed E-state index contributed by atoms with van der Waals surface area (Å²) in [6, 6.07) is 5.08. The van der Waals surface area contributed by atoms with E-state index in [1.165, 1.54) is 0 Å². The lowest BCUT2D eigenvalue weighted by molar-refractivity contribution is -0.145. The van der Waals surface area contributed by atoms with E-state index in [1.54, 1.807) is 40.9 Å². The molecule has 2 fully saturated rings. The molecule has 3 unspecified atom stereocenters. The van der Waals surface area contributed by atoms with Crippen molar-refractivity contribution < 1.29 is 31.9 Å². The minimum absolute atomic E-state index is 0.112. The molecule has 1 saturated carbocycles. The number of ether oxygens (including phenoxy) is 1. The van der Waals surface area contributed by atoms with Crippen molar-refractivity contribution in [2.75, 3.05) is 24.6 Å². The summed E-state index contributed by atoms with van der Waals surface area (Å²) in [4.78, 5) is 30.2. The van der Waals surface area contributed by atoms with Crippen LogP contribution in [0.3, 0.4) is 0 Å². The molecule has 198 valence electrons.